The molecule has 0 saturated carbocycles. The highest BCUT2D eigenvalue weighted by Gasteiger charge is 2.25. The van der Waals surface area contributed by atoms with Crippen LogP contribution in [0.15, 0.2) is 73.1 Å². The Morgan fingerprint density at radius 2 is 1.57 bits per heavy atom. The number of hydrogen-bond donors (Lipinski definition) is 1. The van der Waals surface area contributed by atoms with Gasteiger partial charge in [0.2, 0.25) is 0 Å². The summed E-state index contributed by atoms with van der Waals surface area (Å²) in [6.45, 7) is 3.73. The molecule has 2 heterocycles. The van der Waals surface area contributed by atoms with Gasteiger partial charge in [0.1, 0.15) is 0 Å². The highest BCUT2D eigenvalue weighted by Crippen LogP contribution is 2.18. The molecule has 7 nitrogen and oxygen atoms in total. The van der Waals surface area contributed by atoms with Crippen LogP contribution in [0.4, 0.5) is 0 Å². The van der Waals surface area contributed by atoms with Gasteiger partial charge in [0, 0.05) is 18.3 Å². The molecule has 1 amide bonds. The van der Waals surface area contributed by atoms with Crippen LogP contribution >= 0.6 is 0 Å². The van der Waals surface area contributed by atoms with E-state index in [4.69, 9.17) is 0 Å². The smallest absolute Gasteiger partial charge is 0.292 e. The van der Waals surface area contributed by atoms with E-state index in [1.54, 1.807) is 29.4 Å². The van der Waals surface area contributed by atoms with E-state index in [1.165, 1.54) is 0 Å². The summed E-state index contributed by atoms with van der Waals surface area (Å²) in [6, 6.07) is 19.2. The third kappa shape index (κ3) is 3.77. The van der Waals surface area contributed by atoms with Crippen LogP contribution < -0.4 is 5.32 Å². The summed E-state index contributed by atoms with van der Waals surface area (Å²) in [6.07, 6.45) is 3.49. The van der Waals surface area contributed by atoms with Gasteiger partial charge in [-0.05, 0) is 38.1 Å². The quantitative estimate of drug-likeness (QED) is 0.399. The van der Waals surface area contributed by atoms with Crippen LogP contribution in [0.1, 0.15) is 27.3 Å². The van der Waals surface area contributed by atoms with E-state index in [0.717, 1.165) is 16.9 Å². The van der Waals surface area contributed by atoms with Gasteiger partial charge in [-0.15, -0.1) is 0 Å². The standard InChI is InChI=1S/C23H21N5O2/c1-16-21(17(2)28(26-16)20-11-7-4-8-12-20)22(29)23(30)24-13-18-14-25-27(15-18)19-9-5-3-6-10-19/h3-12,14-15H,13H2,1-2H3,(H,24,30). The zero-order valence-electron chi connectivity index (χ0n) is 16.7. The molecule has 0 aliphatic heterocycles. The lowest BCUT2D eigenvalue weighted by molar-refractivity contribution is -0.117. The van der Waals surface area contributed by atoms with E-state index < -0.39 is 11.7 Å². The first kappa shape index (κ1) is 19.3. The number of nitrogens with one attached hydrogen (secondary N) is 1. The minimum Gasteiger partial charge on any atom is -0.345 e. The molecule has 0 aliphatic rings. The first-order valence-electron chi connectivity index (χ1n) is 9.57. The normalized spacial score (nSPS) is 10.7. The molecule has 4 aromatic rings. The topological polar surface area (TPSA) is 81.8 Å². The third-order valence-electron chi connectivity index (χ3n) is 4.84. The Kier molecular flexibility index (Phi) is 5.26. The van der Waals surface area contributed by atoms with E-state index in [9.17, 15) is 9.59 Å². The Morgan fingerprint density at radius 3 is 2.23 bits per heavy atom. The number of ketones is 1. The molecule has 4 rings (SSSR count). The molecule has 2 aromatic heterocycles. The van der Waals surface area contributed by atoms with Crippen molar-refractivity contribution in [3.8, 4) is 11.4 Å². The molecule has 1 N–H and O–H groups in total. The number of rotatable bonds is 6. The highest BCUT2D eigenvalue weighted by molar-refractivity contribution is 6.43. The fourth-order valence-corrected chi connectivity index (χ4v) is 3.34. The largest absolute Gasteiger partial charge is 0.345 e. The maximum absolute atomic E-state index is 12.8. The first-order valence-corrected chi connectivity index (χ1v) is 9.57. The van der Waals surface area contributed by atoms with Gasteiger partial charge in [-0.2, -0.15) is 10.2 Å². The molecule has 150 valence electrons. The predicted octanol–water partition coefficient (Wildman–Crippen LogP) is 3.17. The zero-order chi connectivity index (χ0) is 21.1. The van der Waals surface area contributed by atoms with Crippen molar-refractivity contribution in [2.24, 2.45) is 0 Å². The summed E-state index contributed by atoms with van der Waals surface area (Å²) >= 11 is 0. The molecular weight excluding hydrogens is 378 g/mol. The molecule has 0 fully saturated rings. The number of amides is 1. The summed E-state index contributed by atoms with van der Waals surface area (Å²) in [5.41, 5.74) is 4.05. The Labute approximate surface area is 174 Å². The maximum Gasteiger partial charge on any atom is 0.292 e. The van der Waals surface area contributed by atoms with Crippen molar-refractivity contribution in [1.29, 1.82) is 0 Å². The van der Waals surface area contributed by atoms with Gasteiger partial charge in [0.25, 0.3) is 11.7 Å². The molecule has 0 radical (unpaired) electrons. The van der Waals surface area contributed by atoms with Crippen molar-refractivity contribution in [3.05, 3.63) is 95.6 Å². The van der Waals surface area contributed by atoms with Crippen LogP contribution in [-0.2, 0) is 11.3 Å². The third-order valence-corrected chi connectivity index (χ3v) is 4.84. The van der Waals surface area contributed by atoms with Crippen molar-refractivity contribution in [1.82, 2.24) is 24.9 Å². The minimum absolute atomic E-state index is 0.211. The number of Topliss-reactive ketones (excluding diaryl/α,β-unsaturated/α-hetero) is 1. The van der Waals surface area contributed by atoms with Crippen LogP contribution in [0.5, 0.6) is 0 Å². The number of aromatic nitrogens is 4. The maximum atomic E-state index is 12.8. The summed E-state index contributed by atoms with van der Waals surface area (Å²) in [5, 5.41) is 11.4. The van der Waals surface area contributed by atoms with Gasteiger partial charge in [-0.25, -0.2) is 9.36 Å². The number of nitrogens with zero attached hydrogens (tertiary/aromatic N) is 4. The molecule has 0 saturated heterocycles. The Hall–Kier alpha value is -4.00. The van der Waals surface area contributed by atoms with E-state index in [2.05, 4.69) is 15.5 Å². The lowest BCUT2D eigenvalue weighted by atomic mass is 10.1. The Balaban J connectivity index is 1.47. The van der Waals surface area contributed by atoms with Gasteiger partial charge in [-0.1, -0.05) is 36.4 Å². The number of hydrogen-bond acceptors (Lipinski definition) is 4. The lowest BCUT2D eigenvalue weighted by Crippen LogP contribution is -2.31. The van der Waals surface area contributed by atoms with Crippen molar-refractivity contribution in [2.45, 2.75) is 20.4 Å². The van der Waals surface area contributed by atoms with Crippen LogP contribution in [0, 0.1) is 13.8 Å². The number of para-hydroxylation sites is 2. The second kappa shape index (κ2) is 8.16. The summed E-state index contributed by atoms with van der Waals surface area (Å²) in [5.74, 6) is -1.26. The Morgan fingerprint density at radius 1 is 0.933 bits per heavy atom. The molecule has 2 aromatic carbocycles. The fraction of sp³-hybridized carbons (Fsp3) is 0.130. The predicted molar refractivity (Wildman–Crippen MR) is 113 cm³/mol. The summed E-state index contributed by atoms with van der Waals surface area (Å²) < 4.78 is 3.40. The van der Waals surface area contributed by atoms with E-state index in [1.807, 2.05) is 66.9 Å². The fourth-order valence-electron chi connectivity index (χ4n) is 3.34. The van der Waals surface area contributed by atoms with Gasteiger partial charge in [0.05, 0.1) is 34.5 Å². The van der Waals surface area contributed by atoms with Crippen LogP contribution in [-0.4, -0.2) is 31.3 Å². The zero-order valence-corrected chi connectivity index (χ0v) is 16.7. The van der Waals surface area contributed by atoms with Crippen molar-refractivity contribution in [3.63, 3.8) is 0 Å². The van der Waals surface area contributed by atoms with Gasteiger partial charge in [0.15, 0.2) is 0 Å². The average molecular weight is 399 g/mol. The van der Waals surface area contributed by atoms with Crippen molar-refractivity contribution in [2.75, 3.05) is 0 Å². The molecular formula is C23H21N5O2. The van der Waals surface area contributed by atoms with Crippen LogP contribution in [0.25, 0.3) is 11.4 Å². The second-order valence-electron chi connectivity index (χ2n) is 6.93. The van der Waals surface area contributed by atoms with Gasteiger partial charge < -0.3 is 5.32 Å². The lowest BCUT2D eigenvalue weighted by Gasteiger charge is -2.05. The van der Waals surface area contributed by atoms with Crippen LogP contribution in [0.3, 0.4) is 0 Å². The van der Waals surface area contributed by atoms with Gasteiger partial charge >= 0.3 is 0 Å². The minimum atomic E-state index is -0.665. The number of aryl methyl sites for hydroxylation is 1. The van der Waals surface area contributed by atoms with Gasteiger partial charge in [-0.3, -0.25) is 9.59 Å². The summed E-state index contributed by atoms with van der Waals surface area (Å²) in [4.78, 5) is 25.3. The van der Waals surface area contributed by atoms with E-state index >= 15 is 0 Å². The van der Waals surface area contributed by atoms with Crippen molar-refractivity contribution >= 4 is 11.7 Å². The SMILES string of the molecule is Cc1nn(-c2ccccc2)c(C)c1C(=O)C(=O)NCc1cnn(-c2ccccc2)c1. The first-order chi connectivity index (χ1) is 14.5. The molecule has 7 heteroatoms. The number of carbonyl (C=O) groups excluding carboxylic acids is 2. The molecule has 0 spiro atoms. The van der Waals surface area contributed by atoms with E-state index in [-0.39, 0.29) is 6.54 Å². The molecule has 0 atom stereocenters. The summed E-state index contributed by atoms with van der Waals surface area (Å²) in [7, 11) is 0. The molecule has 0 bridgehead atoms. The second-order valence-corrected chi connectivity index (χ2v) is 6.93. The van der Waals surface area contributed by atoms with Crippen LogP contribution in [0.2, 0.25) is 0 Å². The molecule has 0 aliphatic carbocycles. The molecule has 0 unspecified atom stereocenters. The Bertz CT molecular complexity index is 1190. The number of carbonyl (C=O) groups is 2. The van der Waals surface area contributed by atoms with Crippen molar-refractivity contribution < 1.29 is 9.59 Å². The monoisotopic (exact) mass is 399 g/mol. The molecule has 30 heavy (non-hydrogen) atoms. The average Bonchev–Trinajstić information content (AvgIpc) is 3.37. The highest BCUT2D eigenvalue weighted by atomic mass is 16.2. The number of benzene rings is 2. The van der Waals surface area contributed by atoms with E-state index in [0.29, 0.717) is 17.0 Å².